The van der Waals surface area contributed by atoms with Crippen LogP contribution < -0.4 is 4.72 Å². The molecule has 0 unspecified atom stereocenters. The van der Waals surface area contributed by atoms with Crippen molar-refractivity contribution in [3.63, 3.8) is 0 Å². The first-order valence-electron chi connectivity index (χ1n) is 9.63. The number of rotatable bonds is 4. The number of anilines is 1. The number of hydrogen-bond donors (Lipinski definition) is 2. The van der Waals surface area contributed by atoms with Gasteiger partial charge in [-0.15, -0.1) is 0 Å². The summed E-state index contributed by atoms with van der Waals surface area (Å²) in [5, 5.41) is 9.68. The second-order valence-corrected chi connectivity index (χ2v) is 9.60. The second-order valence-electron chi connectivity index (χ2n) is 7.07. The smallest absolute Gasteiger partial charge is 0.354 e. The maximum atomic E-state index is 13.4. The number of pyridine rings is 2. The third-order valence-corrected chi connectivity index (χ3v) is 6.78. The number of hydrogen-bond acceptors (Lipinski definition) is 5. The quantitative estimate of drug-likeness (QED) is 0.380. The van der Waals surface area contributed by atoms with Gasteiger partial charge in [-0.2, -0.15) is 0 Å². The van der Waals surface area contributed by atoms with Gasteiger partial charge in [-0.3, -0.25) is 9.71 Å². The molecule has 4 rings (SSSR count). The largest absolute Gasteiger partial charge is 0.477 e. The lowest BCUT2D eigenvalue weighted by atomic mass is 10.1. The SMILES string of the molecule is Cc1ccc2cccnc2c1S(=O)(=O)Nc1ccc(Br)cc1C#Cc1ccc(C(=O)O)nc1. The van der Waals surface area contributed by atoms with E-state index in [4.69, 9.17) is 5.11 Å². The number of fused-ring (bicyclic) bond motifs is 1. The Hall–Kier alpha value is -3.74. The fourth-order valence-corrected chi connectivity index (χ4v) is 5.04. The number of aromatic nitrogens is 2. The average molecular weight is 522 g/mol. The van der Waals surface area contributed by atoms with Crippen LogP contribution in [0.15, 0.2) is 76.4 Å². The Morgan fingerprint density at radius 2 is 1.88 bits per heavy atom. The van der Waals surface area contributed by atoms with Crippen molar-refractivity contribution in [2.45, 2.75) is 11.8 Å². The summed E-state index contributed by atoms with van der Waals surface area (Å²) in [7, 11) is -3.98. The molecule has 0 fully saturated rings. The molecular weight excluding hydrogens is 506 g/mol. The molecule has 0 aliphatic heterocycles. The van der Waals surface area contributed by atoms with Gasteiger partial charge in [0.25, 0.3) is 10.0 Å². The second kappa shape index (κ2) is 9.02. The van der Waals surface area contributed by atoms with Crippen LogP contribution in [0.3, 0.4) is 0 Å². The van der Waals surface area contributed by atoms with Crippen molar-refractivity contribution in [1.82, 2.24) is 9.97 Å². The topological polar surface area (TPSA) is 109 Å². The first-order valence-corrected chi connectivity index (χ1v) is 11.9. The number of nitrogens with one attached hydrogen (secondary N) is 1. The van der Waals surface area contributed by atoms with Crippen LogP contribution in [-0.4, -0.2) is 29.5 Å². The van der Waals surface area contributed by atoms with Crippen LogP contribution >= 0.6 is 15.9 Å². The summed E-state index contributed by atoms with van der Waals surface area (Å²) in [4.78, 5) is 19.2. The van der Waals surface area contributed by atoms with Gasteiger partial charge in [-0.25, -0.2) is 18.2 Å². The third-order valence-electron chi connectivity index (χ3n) is 4.74. The van der Waals surface area contributed by atoms with Gasteiger partial charge < -0.3 is 5.11 Å². The minimum absolute atomic E-state index is 0.0875. The fourth-order valence-electron chi connectivity index (χ4n) is 3.20. The number of aryl methyl sites for hydroxylation is 1. The molecule has 0 amide bonds. The average Bonchev–Trinajstić information content (AvgIpc) is 2.79. The van der Waals surface area contributed by atoms with E-state index in [9.17, 15) is 13.2 Å². The highest BCUT2D eigenvalue weighted by Gasteiger charge is 2.22. The zero-order chi connectivity index (χ0) is 23.6. The van der Waals surface area contributed by atoms with E-state index in [1.807, 2.05) is 6.07 Å². The molecule has 2 heterocycles. The van der Waals surface area contributed by atoms with Crippen molar-refractivity contribution in [3.05, 3.63) is 93.8 Å². The minimum Gasteiger partial charge on any atom is -0.477 e. The van der Waals surface area contributed by atoms with Crippen LogP contribution in [0, 0.1) is 18.8 Å². The molecule has 0 saturated heterocycles. The number of carboxylic acids is 1. The Balaban J connectivity index is 1.74. The maximum Gasteiger partial charge on any atom is 0.354 e. The zero-order valence-corrected chi connectivity index (χ0v) is 19.6. The molecule has 0 aliphatic rings. The summed E-state index contributed by atoms with van der Waals surface area (Å²) >= 11 is 3.38. The predicted octanol–water partition coefficient (Wildman–Crippen LogP) is 4.60. The predicted molar refractivity (Wildman–Crippen MR) is 129 cm³/mol. The van der Waals surface area contributed by atoms with Gasteiger partial charge in [0.05, 0.1) is 16.8 Å². The lowest BCUT2D eigenvalue weighted by Crippen LogP contribution is -2.16. The van der Waals surface area contributed by atoms with E-state index in [0.29, 0.717) is 27.9 Å². The van der Waals surface area contributed by atoms with E-state index < -0.39 is 16.0 Å². The highest BCUT2D eigenvalue weighted by molar-refractivity contribution is 9.10. The molecule has 0 saturated carbocycles. The number of nitrogens with zero attached hydrogens (tertiary/aromatic N) is 2. The number of carbonyl (C=O) groups is 1. The molecule has 2 aromatic carbocycles. The molecule has 164 valence electrons. The molecule has 0 spiro atoms. The lowest BCUT2D eigenvalue weighted by Gasteiger charge is -2.14. The van der Waals surface area contributed by atoms with Crippen molar-refractivity contribution < 1.29 is 18.3 Å². The summed E-state index contributed by atoms with van der Waals surface area (Å²) < 4.78 is 30.1. The van der Waals surface area contributed by atoms with Gasteiger partial charge in [0.15, 0.2) is 0 Å². The van der Waals surface area contributed by atoms with Gasteiger partial charge in [-0.05, 0) is 48.9 Å². The minimum atomic E-state index is -3.98. The Morgan fingerprint density at radius 3 is 2.61 bits per heavy atom. The van der Waals surface area contributed by atoms with Crippen molar-refractivity contribution in [2.24, 2.45) is 0 Å². The number of carboxylic acid groups (broad SMARTS) is 1. The van der Waals surface area contributed by atoms with Crippen LogP contribution in [0.1, 0.15) is 27.2 Å². The Morgan fingerprint density at radius 1 is 1.06 bits per heavy atom. The molecule has 9 heteroatoms. The number of sulfonamides is 1. The maximum absolute atomic E-state index is 13.4. The van der Waals surface area contributed by atoms with Crippen molar-refractivity contribution in [1.29, 1.82) is 0 Å². The van der Waals surface area contributed by atoms with E-state index in [2.05, 4.69) is 42.5 Å². The van der Waals surface area contributed by atoms with Crippen LogP contribution in [-0.2, 0) is 10.0 Å². The molecule has 0 aliphatic carbocycles. The van der Waals surface area contributed by atoms with E-state index in [1.54, 1.807) is 49.5 Å². The van der Waals surface area contributed by atoms with E-state index in [-0.39, 0.29) is 10.6 Å². The molecule has 0 radical (unpaired) electrons. The summed E-state index contributed by atoms with van der Waals surface area (Å²) in [6.07, 6.45) is 2.91. The molecule has 7 nitrogen and oxygen atoms in total. The molecular formula is C24H16BrN3O4S. The first-order chi connectivity index (χ1) is 15.7. The zero-order valence-electron chi connectivity index (χ0n) is 17.2. The van der Waals surface area contributed by atoms with Gasteiger partial charge >= 0.3 is 5.97 Å². The summed E-state index contributed by atoms with van der Waals surface area (Å²) in [5.41, 5.74) is 2.09. The first kappa shape index (κ1) is 22.5. The Bertz CT molecular complexity index is 1560. The van der Waals surface area contributed by atoms with Gasteiger partial charge in [0.2, 0.25) is 0 Å². The normalized spacial score (nSPS) is 11.0. The number of benzene rings is 2. The van der Waals surface area contributed by atoms with Crippen LogP contribution in [0.5, 0.6) is 0 Å². The highest BCUT2D eigenvalue weighted by Crippen LogP contribution is 2.28. The van der Waals surface area contributed by atoms with Crippen LogP contribution in [0.25, 0.3) is 10.9 Å². The van der Waals surface area contributed by atoms with Gasteiger partial charge in [-0.1, -0.05) is 46.0 Å². The van der Waals surface area contributed by atoms with Crippen LogP contribution in [0.4, 0.5) is 5.69 Å². The molecule has 33 heavy (non-hydrogen) atoms. The third kappa shape index (κ3) is 4.87. The Labute approximate surface area is 198 Å². The van der Waals surface area contributed by atoms with Gasteiger partial charge in [0, 0.05) is 27.8 Å². The number of aromatic carboxylic acids is 1. The molecule has 2 aromatic heterocycles. The molecule has 4 aromatic rings. The molecule has 0 atom stereocenters. The lowest BCUT2D eigenvalue weighted by molar-refractivity contribution is 0.0690. The van der Waals surface area contributed by atoms with Gasteiger partial charge in [0.1, 0.15) is 10.6 Å². The van der Waals surface area contributed by atoms with E-state index >= 15 is 0 Å². The van der Waals surface area contributed by atoms with Crippen molar-refractivity contribution >= 4 is 48.5 Å². The summed E-state index contributed by atoms with van der Waals surface area (Å²) in [6.45, 7) is 1.72. The van der Waals surface area contributed by atoms with Crippen molar-refractivity contribution in [2.75, 3.05) is 4.72 Å². The van der Waals surface area contributed by atoms with Crippen molar-refractivity contribution in [3.8, 4) is 11.8 Å². The standard InChI is InChI=1S/C24H16BrN3O4S/c1-15-4-7-17-3-2-12-26-22(17)23(15)33(31,32)28-20-11-9-19(25)13-18(20)8-5-16-6-10-21(24(29)30)27-14-16/h2-4,6-7,9-14,28H,1H3,(H,29,30). The monoisotopic (exact) mass is 521 g/mol. The van der Waals surface area contributed by atoms with E-state index in [1.165, 1.54) is 18.3 Å². The summed E-state index contributed by atoms with van der Waals surface area (Å²) in [5.74, 6) is 4.69. The van der Waals surface area contributed by atoms with Crippen LogP contribution in [0.2, 0.25) is 0 Å². The molecule has 2 N–H and O–H groups in total. The fraction of sp³-hybridized carbons (Fsp3) is 0.0417. The highest BCUT2D eigenvalue weighted by atomic mass is 79.9. The molecule has 0 bridgehead atoms. The Kier molecular flexibility index (Phi) is 6.14. The number of halogens is 1. The summed E-state index contributed by atoms with van der Waals surface area (Å²) in [6, 6.07) is 15.0. The van der Waals surface area contributed by atoms with E-state index in [0.717, 1.165) is 9.86 Å².